The largest absolute Gasteiger partial charge is 0.480 e. The number of thioether (sulfide) groups is 1. The van der Waals surface area contributed by atoms with E-state index in [1.165, 1.54) is 11.8 Å². The number of aliphatic hydroxyl groups is 1. The van der Waals surface area contributed by atoms with Crippen LogP contribution in [0.2, 0.25) is 0 Å². The van der Waals surface area contributed by atoms with Crippen LogP contribution in [0, 0.1) is 11.8 Å². The first-order valence-electron chi connectivity index (χ1n) is 9.88. The maximum atomic E-state index is 12.8. The summed E-state index contributed by atoms with van der Waals surface area (Å²) in [5.74, 6) is -1.91. The highest BCUT2D eigenvalue weighted by Gasteiger charge is 2.30. The first-order valence-corrected chi connectivity index (χ1v) is 11.3. The number of alkyl carbamates (subject to hydrolysis) is 1. The van der Waals surface area contributed by atoms with E-state index in [9.17, 15) is 19.2 Å². The molecule has 0 aromatic rings. The zero-order valence-electron chi connectivity index (χ0n) is 18.3. The molecule has 0 aliphatic carbocycles. The van der Waals surface area contributed by atoms with E-state index in [2.05, 4.69) is 16.0 Å². The Morgan fingerprint density at radius 2 is 1.47 bits per heavy atom. The van der Waals surface area contributed by atoms with Crippen molar-refractivity contribution in [2.75, 3.05) is 25.2 Å². The summed E-state index contributed by atoms with van der Waals surface area (Å²) in [6.07, 6.45) is 1.72. The quantitative estimate of drug-likeness (QED) is 0.258. The molecule has 0 fully saturated rings. The van der Waals surface area contributed by atoms with E-state index in [1.807, 2.05) is 34.0 Å². The van der Waals surface area contributed by atoms with Crippen molar-refractivity contribution < 1.29 is 34.1 Å². The Kier molecular flexibility index (Phi) is 13.9. The molecule has 0 aliphatic rings. The fourth-order valence-electron chi connectivity index (χ4n) is 2.36. The molecule has 11 heteroatoms. The minimum absolute atomic E-state index is 0.0204. The summed E-state index contributed by atoms with van der Waals surface area (Å²) in [5.41, 5.74) is 0. The van der Waals surface area contributed by atoms with Crippen molar-refractivity contribution in [3.8, 4) is 0 Å². The van der Waals surface area contributed by atoms with Crippen molar-refractivity contribution >= 4 is 35.6 Å². The van der Waals surface area contributed by atoms with Crippen molar-refractivity contribution in [2.24, 2.45) is 11.8 Å². The summed E-state index contributed by atoms with van der Waals surface area (Å²) in [6, 6.07) is -3.40. The second-order valence-electron chi connectivity index (χ2n) is 7.74. The van der Waals surface area contributed by atoms with Gasteiger partial charge in [-0.15, -0.1) is 0 Å². The second kappa shape index (κ2) is 14.9. The van der Waals surface area contributed by atoms with Gasteiger partial charge in [0.25, 0.3) is 0 Å². The van der Waals surface area contributed by atoms with Gasteiger partial charge in [-0.1, -0.05) is 27.7 Å². The maximum Gasteiger partial charge on any atom is 0.407 e. The van der Waals surface area contributed by atoms with Crippen molar-refractivity contribution in [1.29, 1.82) is 0 Å². The molecule has 0 spiro atoms. The Morgan fingerprint density at radius 3 is 1.93 bits per heavy atom. The van der Waals surface area contributed by atoms with Crippen LogP contribution < -0.4 is 16.0 Å². The lowest BCUT2D eigenvalue weighted by atomic mass is 10.0. The van der Waals surface area contributed by atoms with E-state index in [0.29, 0.717) is 12.2 Å². The number of carbonyl (C=O) groups is 4. The highest BCUT2D eigenvalue weighted by Crippen LogP contribution is 2.08. The first-order chi connectivity index (χ1) is 14.0. The number of hydrogen-bond acceptors (Lipinski definition) is 7. The average Bonchev–Trinajstić information content (AvgIpc) is 2.66. The molecular formula is C19H35N3O7S. The van der Waals surface area contributed by atoms with Crippen LogP contribution in [0.1, 0.15) is 40.5 Å². The zero-order chi connectivity index (χ0) is 23.3. The van der Waals surface area contributed by atoms with Gasteiger partial charge < -0.3 is 30.9 Å². The Balaban J connectivity index is 5.23. The smallest absolute Gasteiger partial charge is 0.407 e. The third-order valence-electron chi connectivity index (χ3n) is 3.90. The molecule has 5 N–H and O–H groups in total. The van der Waals surface area contributed by atoms with Gasteiger partial charge in [-0.05, 0) is 36.7 Å². The molecule has 10 nitrogen and oxygen atoms in total. The molecular weight excluding hydrogens is 414 g/mol. The number of aliphatic hydroxyl groups excluding tert-OH is 1. The predicted molar refractivity (Wildman–Crippen MR) is 114 cm³/mol. The average molecular weight is 450 g/mol. The van der Waals surface area contributed by atoms with E-state index in [4.69, 9.17) is 14.9 Å². The van der Waals surface area contributed by atoms with Crippen LogP contribution in [-0.2, 0) is 19.1 Å². The Hall–Kier alpha value is -2.01. The zero-order valence-corrected chi connectivity index (χ0v) is 19.1. The third kappa shape index (κ3) is 11.9. The van der Waals surface area contributed by atoms with Gasteiger partial charge in [0.1, 0.15) is 18.1 Å². The molecule has 0 saturated carbocycles. The van der Waals surface area contributed by atoms with Crippen LogP contribution in [0.25, 0.3) is 0 Å². The fourth-order valence-corrected chi connectivity index (χ4v) is 2.84. The molecule has 174 valence electrons. The molecule has 0 aromatic heterocycles. The Labute approximate surface area is 181 Å². The van der Waals surface area contributed by atoms with Crippen LogP contribution in [0.15, 0.2) is 0 Å². The van der Waals surface area contributed by atoms with Crippen LogP contribution in [0.5, 0.6) is 0 Å². The number of rotatable bonds is 14. The van der Waals surface area contributed by atoms with Crippen molar-refractivity contribution in [2.45, 2.75) is 58.7 Å². The summed E-state index contributed by atoms with van der Waals surface area (Å²) in [4.78, 5) is 48.3. The minimum atomic E-state index is -1.47. The molecule has 0 aliphatic heterocycles. The lowest BCUT2D eigenvalue weighted by Crippen LogP contribution is -2.56. The van der Waals surface area contributed by atoms with Gasteiger partial charge in [0.05, 0.1) is 13.2 Å². The molecule has 0 heterocycles. The molecule has 3 atom stereocenters. The molecule has 3 unspecified atom stereocenters. The van der Waals surface area contributed by atoms with E-state index < -0.39 is 48.6 Å². The standard InChI is InChI=1S/C19H35N3O7S/c1-11(2)8-14(17(25)21-15(9-23)18(26)27)20-16(24)13(6-7-30-5)22-19(28)29-10-12(3)4/h11-15,23H,6-10H2,1-5H3,(H,20,24)(H,21,25)(H,22,28)(H,26,27). The van der Waals surface area contributed by atoms with E-state index >= 15 is 0 Å². The molecule has 30 heavy (non-hydrogen) atoms. The number of aliphatic carboxylic acids is 1. The van der Waals surface area contributed by atoms with Gasteiger partial charge in [0.15, 0.2) is 0 Å². The summed E-state index contributed by atoms with van der Waals surface area (Å²) < 4.78 is 5.07. The summed E-state index contributed by atoms with van der Waals surface area (Å²) in [6.45, 7) is 6.90. The molecule has 0 bridgehead atoms. The number of carboxylic acid groups (broad SMARTS) is 1. The number of nitrogens with one attached hydrogen (secondary N) is 3. The first kappa shape index (κ1) is 28.0. The summed E-state index contributed by atoms with van der Waals surface area (Å²) >= 11 is 1.50. The number of carboxylic acids is 1. The highest BCUT2D eigenvalue weighted by atomic mass is 32.2. The lowest BCUT2D eigenvalue weighted by Gasteiger charge is -2.25. The molecule has 0 saturated heterocycles. The van der Waals surface area contributed by atoms with E-state index in [0.717, 1.165) is 0 Å². The predicted octanol–water partition coefficient (Wildman–Crippen LogP) is 0.583. The van der Waals surface area contributed by atoms with Crippen LogP contribution in [0.4, 0.5) is 4.79 Å². The molecule has 0 radical (unpaired) electrons. The summed E-state index contributed by atoms with van der Waals surface area (Å²) in [5, 5.41) is 25.5. The molecule has 3 amide bonds. The molecule has 0 aromatic carbocycles. The van der Waals surface area contributed by atoms with Gasteiger partial charge in [0, 0.05) is 0 Å². The minimum Gasteiger partial charge on any atom is -0.480 e. The van der Waals surface area contributed by atoms with E-state index in [1.54, 1.807) is 0 Å². The third-order valence-corrected chi connectivity index (χ3v) is 4.55. The van der Waals surface area contributed by atoms with E-state index in [-0.39, 0.29) is 24.9 Å². The monoisotopic (exact) mass is 449 g/mol. The van der Waals surface area contributed by atoms with Gasteiger partial charge in [-0.3, -0.25) is 9.59 Å². The Bertz CT molecular complexity index is 572. The second-order valence-corrected chi connectivity index (χ2v) is 8.73. The number of carbonyl (C=O) groups excluding carboxylic acids is 3. The summed E-state index contributed by atoms with van der Waals surface area (Å²) in [7, 11) is 0. The van der Waals surface area contributed by atoms with Gasteiger partial charge >= 0.3 is 12.1 Å². The van der Waals surface area contributed by atoms with Crippen molar-refractivity contribution in [3.63, 3.8) is 0 Å². The van der Waals surface area contributed by atoms with Crippen LogP contribution >= 0.6 is 11.8 Å². The maximum absolute atomic E-state index is 12.8. The van der Waals surface area contributed by atoms with Gasteiger partial charge in [-0.2, -0.15) is 11.8 Å². The molecule has 0 rings (SSSR count). The Morgan fingerprint density at radius 1 is 0.900 bits per heavy atom. The topological polar surface area (TPSA) is 154 Å². The highest BCUT2D eigenvalue weighted by molar-refractivity contribution is 7.98. The SMILES string of the molecule is CSCCC(NC(=O)OCC(C)C)C(=O)NC(CC(C)C)C(=O)NC(CO)C(=O)O. The number of hydrogen-bond donors (Lipinski definition) is 5. The normalized spacial score (nSPS) is 14.0. The fraction of sp³-hybridized carbons (Fsp3) is 0.789. The van der Waals surface area contributed by atoms with Crippen molar-refractivity contribution in [1.82, 2.24) is 16.0 Å². The van der Waals surface area contributed by atoms with Crippen molar-refractivity contribution in [3.05, 3.63) is 0 Å². The van der Waals surface area contributed by atoms with Gasteiger partial charge in [-0.25, -0.2) is 9.59 Å². The van der Waals surface area contributed by atoms with Gasteiger partial charge in [0.2, 0.25) is 11.8 Å². The number of ether oxygens (including phenoxy) is 1. The van der Waals surface area contributed by atoms with Crippen LogP contribution in [-0.4, -0.2) is 77.4 Å². The lowest BCUT2D eigenvalue weighted by molar-refractivity contribution is -0.143. The number of amides is 3. The van der Waals surface area contributed by atoms with Crippen LogP contribution in [0.3, 0.4) is 0 Å².